The van der Waals surface area contributed by atoms with E-state index in [2.05, 4.69) is 4.98 Å². The van der Waals surface area contributed by atoms with Gasteiger partial charge in [-0.25, -0.2) is 22.2 Å². The summed E-state index contributed by atoms with van der Waals surface area (Å²) in [6.07, 6.45) is 2.69. The molecule has 0 atom stereocenters. The maximum absolute atomic E-state index is 14.5. The highest BCUT2D eigenvalue weighted by molar-refractivity contribution is 7.92. The number of rotatable bonds is 3. The summed E-state index contributed by atoms with van der Waals surface area (Å²) in [4.78, 5) is 4.11. The van der Waals surface area contributed by atoms with Crippen LogP contribution in [0.25, 0.3) is 16.9 Å². The number of halogens is 2. The maximum atomic E-state index is 14.5. The third kappa shape index (κ3) is 2.91. The van der Waals surface area contributed by atoms with Gasteiger partial charge in [0.15, 0.2) is 15.7 Å². The molecule has 144 valence electrons. The van der Waals surface area contributed by atoms with E-state index in [1.165, 1.54) is 36.0 Å². The Hall–Kier alpha value is -2.68. The minimum absolute atomic E-state index is 0.00525. The van der Waals surface area contributed by atoms with Gasteiger partial charge >= 0.3 is 0 Å². The van der Waals surface area contributed by atoms with Crippen molar-refractivity contribution in [2.24, 2.45) is 0 Å². The van der Waals surface area contributed by atoms with Gasteiger partial charge < -0.3 is 10.5 Å². The number of ether oxygens (including phenoxy) is 1. The number of benzene rings is 1. The van der Waals surface area contributed by atoms with Crippen LogP contribution in [0.5, 0.6) is 5.75 Å². The van der Waals surface area contributed by atoms with Crippen LogP contribution in [0.2, 0.25) is 0 Å². The molecule has 0 amide bonds. The van der Waals surface area contributed by atoms with E-state index in [-0.39, 0.29) is 21.9 Å². The van der Waals surface area contributed by atoms with E-state index in [1.807, 2.05) is 0 Å². The third-order valence-electron chi connectivity index (χ3n) is 4.29. The molecule has 0 bridgehead atoms. The molecule has 2 aromatic heterocycles. The Morgan fingerprint density at radius 2 is 1.89 bits per heavy atom. The number of fused-ring (bicyclic) bond motifs is 1. The first-order chi connectivity index (χ1) is 12.5. The van der Waals surface area contributed by atoms with Gasteiger partial charge in [0.25, 0.3) is 0 Å². The molecular formula is C18H19F2N3O3S. The normalized spacial score (nSPS) is 12.5. The number of hydrogen-bond acceptors (Lipinski definition) is 5. The lowest BCUT2D eigenvalue weighted by Gasteiger charge is -2.21. The lowest BCUT2D eigenvalue weighted by atomic mass is 10.1. The summed E-state index contributed by atoms with van der Waals surface area (Å²) in [5.41, 5.74) is 5.41. The minimum atomic E-state index is -3.76. The predicted octanol–water partition coefficient (Wildman–Crippen LogP) is 3.44. The zero-order valence-electron chi connectivity index (χ0n) is 15.2. The zero-order chi connectivity index (χ0) is 20.1. The van der Waals surface area contributed by atoms with Crippen molar-refractivity contribution >= 4 is 21.2 Å². The van der Waals surface area contributed by atoms with Crippen molar-refractivity contribution in [3.05, 3.63) is 42.2 Å². The first kappa shape index (κ1) is 19.1. The zero-order valence-corrected chi connectivity index (χ0v) is 16.1. The lowest BCUT2D eigenvalue weighted by molar-refractivity contribution is 0.401. The predicted molar refractivity (Wildman–Crippen MR) is 98.4 cm³/mol. The summed E-state index contributed by atoms with van der Waals surface area (Å²) in [5.74, 6) is -1.68. The van der Waals surface area contributed by atoms with Gasteiger partial charge in [0.2, 0.25) is 0 Å². The number of nitrogens with two attached hydrogens (primary N) is 1. The topological polar surface area (TPSA) is 86.7 Å². The van der Waals surface area contributed by atoms with Gasteiger partial charge in [-0.15, -0.1) is 0 Å². The Bertz CT molecular complexity index is 1150. The van der Waals surface area contributed by atoms with Crippen LogP contribution in [0.3, 0.4) is 0 Å². The average Bonchev–Trinajstić information content (AvgIpc) is 3.00. The maximum Gasteiger partial charge on any atom is 0.188 e. The molecule has 0 saturated heterocycles. The van der Waals surface area contributed by atoms with Crippen molar-refractivity contribution in [3.63, 3.8) is 0 Å². The van der Waals surface area contributed by atoms with Crippen LogP contribution in [0, 0.1) is 11.6 Å². The van der Waals surface area contributed by atoms with Crippen LogP contribution in [0.4, 0.5) is 14.5 Å². The first-order valence-electron chi connectivity index (χ1n) is 8.02. The van der Waals surface area contributed by atoms with Gasteiger partial charge in [-0.1, -0.05) is 0 Å². The van der Waals surface area contributed by atoms with E-state index in [4.69, 9.17) is 10.5 Å². The fourth-order valence-corrected chi connectivity index (χ4v) is 3.96. The second-order valence-corrected chi connectivity index (χ2v) is 9.69. The molecule has 0 spiro atoms. The molecule has 9 heteroatoms. The van der Waals surface area contributed by atoms with Crippen molar-refractivity contribution < 1.29 is 21.9 Å². The Kier molecular flexibility index (Phi) is 4.38. The highest BCUT2D eigenvalue weighted by atomic mass is 32.2. The monoisotopic (exact) mass is 395 g/mol. The second-order valence-electron chi connectivity index (χ2n) is 7.02. The molecule has 0 saturated carbocycles. The van der Waals surface area contributed by atoms with Crippen molar-refractivity contribution in [3.8, 4) is 17.0 Å². The third-order valence-corrected chi connectivity index (χ3v) is 6.79. The van der Waals surface area contributed by atoms with E-state index < -0.39 is 31.9 Å². The van der Waals surface area contributed by atoms with Gasteiger partial charge in [-0.05, 0) is 32.9 Å². The summed E-state index contributed by atoms with van der Waals surface area (Å²) in [7, 11) is -2.41. The SMILES string of the molecule is COc1cc2ncc(-c3ccc(F)c(N)c3F)n2cc1S(=O)(=O)C(C)(C)C. The van der Waals surface area contributed by atoms with E-state index in [9.17, 15) is 17.2 Å². The van der Waals surface area contributed by atoms with Gasteiger partial charge in [0.1, 0.15) is 27.8 Å². The second kappa shape index (κ2) is 6.19. The molecule has 0 fully saturated rings. The van der Waals surface area contributed by atoms with Gasteiger partial charge in [0.05, 0.1) is 23.7 Å². The van der Waals surface area contributed by atoms with Gasteiger partial charge in [-0.2, -0.15) is 0 Å². The molecule has 0 aliphatic carbocycles. The fourth-order valence-electron chi connectivity index (χ4n) is 2.64. The molecule has 0 unspecified atom stereocenters. The van der Waals surface area contributed by atoms with Crippen LogP contribution in [-0.4, -0.2) is 29.7 Å². The number of aromatic nitrogens is 2. The first-order valence-corrected chi connectivity index (χ1v) is 9.51. The van der Waals surface area contributed by atoms with Crippen molar-refractivity contribution in [2.45, 2.75) is 30.4 Å². The van der Waals surface area contributed by atoms with E-state index >= 15 is 0 Å². The van der Waals surface area contributed by atoms with E-state index in [0.717, 1.165) is 6.07 Å². The Morgan fingerprint density at radius 1 is 1.22 bits per heavy atom. The number of imidazole rings is 1. The number of sulfone groups is 1. The molecule has 1 aromatic carbocycles. The summed E-state index contributed by atoms with van der Waals surface area (Å²) in [5, 5.41) is 0. The summed E-state index contributed by atoms with van der Waals surface area (Å²) < 4.78 is 59.4. The molecule has 2 N–H and O–H groups in total. The minimum Gasteiger partial charge on any atom is -0.495 e. The number of nitrogens with zero attached hydrogens (tertiary/aromatic N) is 2. The molecule has 27 heavy (non-hydrogen) atoms. The lowest BCUT2D eigenvalue weighted by Crippen LogP contribution is -2.28. The molecule has 0 radical (unpaired) electrons. The van der Waals surface area contributed by atoms with Crippen LogP contribution >= 0.6 is 0 Å². The summed E-state index contributed by atoms with van der Waals surface area (Å²) in [6, 6.07) is 3.73. The number of hydrogen-bond donors (Lipinski definition) is 1. The summed E-state index contributed by atoms with van der Waals surface area (Å²) >= 11 is 0. The molecule has 2 heterocycles. The van der Waals surface area contributed by atoms with E-state index in [1.54, 1.807) is 20.8 Å². The standard InChI is InChI=1S/C18H19F2N3O3S/c1-18(2,3)27(24,25)14-9-23-12(8-22-15(23)7-13(14)26-4)10-5-6-11(19)17(21)16(10)20/h5-9H,21H2,1-4H3. The number of nitrogen functional groups attached to an aromatic ring is 1. The smallest absolute Gasteiger partial charge is 0.188 e. The van der Waals surface area contributed by atoms with Crippen molar-refractivity contribution in [1.29, 1.82) is 0 Å². The fraction of sp³-hybridized carbons (Fsp3) is 0.278. The van der Waals surface area contributed by atoms with Crippen LogP contribution < -0.4 is 10.5 Å². The average molecular weight is 395 g/mol. The number of pyridine rings is 1. The highest BCUT2D eigenvalue weighted by Crippen LogP contribution is 2.35. The van der Waals surface area contributed by atoms with Gasteiger partial charge in [0, 0.05) is 17.8 Å². The number of anilines is 1. The summed E-state index contributed by atoms with van der Waals surface area (Å²) in [6.45, 7) is 4.71. The Labute approximate surface area is 155 Å². The largest absolute Gasteiger partial charge is 0.495 e. The highest BCUT2D eigenvalue weighted by Gasteiger charge is 2.34. The quantitative estimate of drug-likeness (QED) is 0.687. The molecule has 0 aliphatic rings. The van der Waals surface area contributed by atoms with Crippen LogP contribution in [-0.2, 0) is 9.84 Å². The molecule has 6 nitrogen and oxygen atoms in total. The van der Waals surface area contributed by atoms with Crippen LogP contribution in [0.15, 0.2) is 35.5 Å². The molecule has 3 aromatic rings. The molecule has 0 aliphatic heterocycles. The van der Waals surface area contributed by atoms with Crippen LogP contribution in [0.1, 0.15) is 20.8 Å². The Balaban J connectivity index is 2.34. The molecular weight excluding hydrogens is 376 g/mol. The Morgan fingerprint density at radius 3 is 2.48 bits per heavy atom. The van der Waals surface area contributed by atoms with E-state index in [0.29, 0.717) is 5.65 Å². The van der Waals surface area contributed by atoms with Crippen molar-refractivity contribution in [2.75, 3.05) is 12.8 Å². The van der Waals surface area contributed by atoms with Gasteiger partial charge in [-0.3, -0.25) is 4.40 Å². The molecule has 3 rings (SSSR count). The number of methoxy groups -OCH3 is 1. The van der Waals surface area contributed by atoms with Crippen molar-refractivity contribution in [1.82, 2.24) is 9.38 Å².